The van der Waals surface area contributed by atoms with E-state index in [2.05, 4.69) is 31.9 Å². The van der Waals surface area contributed by atoms with Crippen LogP contribution in [0.3, 0.4) is 0 Å². The Labute approximate surface area is 156 Å². The largest absolute Gasteiger partial charge is 0.370 e. The third-order valence-electron chi connectivity index (χ3n) is 3.91. The van der Waals surface area contributed by atoms with Crippen LogP contribution in [0.15, 0.2) is 56.3 Å². The maximum absolute atomic E-state index is 12.5. The van der Waals surface area contributed by atoms with E-state index in [0.29, 0.717) is 19.7 Å². The monoisotopic (exact) mass is 454 g/mol. The molecule has 1 atom stereocenters. The van der Waals surface area contributed by atoms with E-state index in [1.165, 1.54) is 10.6 Å². The summed E-state index contributed by atoms with van der Waals surface area (Å²) in [5, 5.41) is 0. The van der Waals surface area contributed by atoms with Gasteiger partial charge in [-0.1, -0.05) is 28.1 Å². The van der Waals surface area contributed by atoms with Crippen LogP contribution >= 0.6 is 31.9 Å². The Morgan fingerprint density at radius 3 is 2.58 bits per heavy atom. The molecule has 0 radical (unpaired) electrons. The molecule has 3 rings (SSSR count). The van der Waals surface area contributed by atoms with Crippen LogP contribution in [0.2, 0.25) is 0 Å². The zero-order valence-electron chi connectivity index (χ0n) is 12.8. The Morgan fingerprint density at radius 1 is 1.12 bits per heavy atom. The molecule has 0 aliphatic carbocycles. The van der Waals surface area contributed by atoms with Crippen molar-refractivity contribution in [3.05, 3.63) is 67.5 Å². The molecule has 1 saturated heterocycles. The number of morpholine rings is 1. The van der Waals surface area contributed by atoms with E-state index in [4.69, 9.17) is 4.74 Å². The number of aromatic nitrogens is 1. The van der Waals surface area contributed by atoms with Crippen LogP contribution in [0.5, 0.6) is 0 Å². The molecule has 1 amide bonds. The maximum Gasteiger partial charge on any atom is 0.251 e. The Balaban J connectivity index is 1.70. The van der Waals surface area contributed by atoms with Gasteiger partial charge in [-0.2, -0.15) is 0 Å². The molecular weight excluding hydrogens is 440 g/mol. The number of ether oxygens (including phenoxy) is 1. The number of halogens is 2. The Bertz CT molecular complexity index is 789. The van der Waals surface area contributed by atoms with Crippen molar-refractivity contribution in [2.24, 2.45) is 0 Å². The lowest BCUT2D eigenvalue weighted by molar-refractivity contribution is -0.139. The van der Waals surface area contributed by atoms with Gasteiger partial charge in [0.2, 0.25) is 5.91 Å². The number of carbonyl (C=O) groups excluding carboxylic acids is 1. The lowest BCUT2D eigenvalue weighted by Gasteiger charge is -2.33. The first-order chi connectivity index (χ1) is 11.5. The number of amides is 1. The molecule has 126 valence electrons. The summed E-state index contributed by atoms with van der Waals surface area (Å²) in [4.78, 5) is 26.2. The van der Waals surface area contributed by atoms with Gasteiger partial charge in [-0.05, 0) is 39.7 Å². The summed E-state index contributed by atoms with van der Waals surface area (Å²) in [6.45, 7) is 1.54. The fourth-order valence-corrected chi connectivity index (χ4v) is 3.27. The van der Waals surface area contributed by atoms with Crippen LogP contribution in [0, 0.1) is 0 Å². The van der Waals surface area contributed by atoms with Crippen molar-refractivity contribution in [1.82, 2.24) is 9.47 Å². The molecule has 0 spiro atoms. The highest BCUT2D eigenvalue weighted by molar-refractivity contribution is 9.10. The lowest BCUT2D eigenvalue weighted by Crippen LogP contribution is -2.44. The highest BCUT2D eigenvalue weighted by atomic mass is 79.9. The summed E-state index contributed by atoms with van der Waals surface area (Å²) >= 11 is 6.73. The van der Waals surface area contributed by atoms with Gasteiger partial charge in [0.1, 0.15) is 12.6 Å². The van der Waals surface area contributed by atoms with E-state index < -0.39 is 0 Å². The standard InChI is InChI=1S/C17H16Br2N2O3/c18-13-3-1-12(2-4-13)15-10-20(7-8-24-15)17(23)11-21-9-14(19)5-6-16(21)22/h1-6,9,15H,7-8,10-11H2. The van der Waals surface area contributed by atoms with Crippen LogP contribution in [0.25, 0.3) is 0 Å². The molecule has 1 aliphatic rings. The molecule has 1 unspecified atom stereocenters. The van der Waals surface area contributed by atoms with Gasteiger partial charge in [-0.25, -0.2) is 0 Å². The second kappa shape index (κ2) is 7.63. The third-order valence-corrected chi connectivity index (χ3v) is 4.91. The van der Waals surface area contributed by atoms with Gasteiger partial charge in [0.05, 0.1) is 13.2 Å². The van der Waals surface area contributed by atoms with Gasteiger partial charge in [0, 0.05) is 27.8 Å². The molecule has 1 aromatic carbocycles. The van der Waals surface area contributed by atoms with Gasteiger partial charge >= 0.3 is 0 Å². The average Bonchev–Trinajstić information content (AvgIpc) is 2.59. The van der Waals surface area contributed by atoms with E-state index in [9.17, 15) is 9.59 Å². The second-order valence-electron chi connectivity index (χ2n) is 5.56. The van der Waals surface area contributed by atoms with Crippen molar-refractivity contribution >= 4 is 37.8 Å². The molecule has 5 nitrogen and oxygen atoms in total. The molecule has 2 heterocycles. The van der Waals surface area contributed by atoms with Crippen molar-refractivity contribution in [1.29, 1.82) is 0 Å². The van der Waals surface area contributed by atoms with Crippen LogP contribution < -0.4 is 5.56 Å². The van der Waals surface area contributed by atoms with Crippen LogP contribution in [-0.4, -0.2) is 35.1 Å². The maximum atomic E-state index is 12.5. The first kappa shape index (κ1) is 17.4. The Morgan fingerprint density at radius 2 is 1.83 bits per heavy atom. The smallest absolute Gasteiger partial charge is 0.251 e. The number of hydrogen-bond donors (Lipinski definition) is 0. The minimum atomic E-state index is -0.190. The number of carbonyl (C=O) groups is 1. The fourth-order valence-electron chi connectivity index (χ4n) is 2.63. The second-order valence-corrected chi connectivity index (χ2v) is 7.40. The van der Waals surface area contributed by atoms with Crippen molar-refractivity contribution in [2.45, 2.75) is 12.6 Å². The summed E-state index contributed by atoms with van der Waals surface area (Å²) in [6.07, 6.45) is 1.49. The lowest BCUT2D eigenvalue weighted by atomic mass is 10.1. The van der Waals surface area contributed by atoms with Crippen molar-refractivity contribution in [3.8, 4) is 0 Å². The molecule has 1 aliphatic heterocycles. The SMILES string of the molecule is O=C(Cn1cc(Br)ccc1=O)N1CCOC(c2ccc(Br)cc2)C1. The van der Waals surface area contributed by atoms with Gasteiger partial charge < -0.3 is 14.2 Å². The first-order valence-corrected chi connectivity index (χ1v) is 9.12. The van der Waals surface area contributed by atoms with E-state index in [1.807, 2.05) is 24.3 Å². The van der Waals surface area contributed by atoms with E-state index in [-0.39, 0.29) is 24.1 Å². The number of rotatable bonds is 3. The zero-order chi connectivity index (χ0) is 17.1. The molecule has 1 aromatic heterocycles. The number of nitrogens with zero attached hydrogens (tertiary/aromatic N) is 2. The van der Waals surface area contributed by atoms with E-state index in [1.54, 1.807) is 17.2 Å². The predicted molar refractivity (Wildman–Crippen MR) is 97.8 cm³/mol. The minimum absolute atomic E-state index is 0.0331. The summed E-state index contributed by atoms with van der Waals surface area (Å²) in [5.41, 5.74) is 0.847. The van der Waals surface area contributed by atoms with E-state index in [0.717, 1.165) is 14.5 Å². The van der Waals surface area contributed by atoms with Crippen LogP contribution in [-0.2, 0) is 16.1 Å². The quantitative estimate of drug-likeness (QED) is 0.714. The molecule has 0 saturated carbocycles. The number of hydrogen-bond acceptors (Lipinski definition) is 3. The molecule has 7 heteroatoms. The first-order valence-electron chi connectivity index (χ1n) is 7.54. The van der Waals surface area contributed by atoms with E-state index >= 15 is 0 Å². The molecule has 2 aromatic rings. The summed E-state index contributed by atoms with van der Waals surface area (Å²) in [5.74, 6) is -0.0828. The molecule has 24 heavy (non-hydrogen) atoms. The number of pyridine rings is 1. The predicted octanol–water partition coefficient (Wildman–Crippen LogP) is 2.97. The zero-order valence-corrected chi connectivity index (χ0v) is 16.0. The number of benzene rings is 1. The minimum Gasteiger partial charge on any atom is -0.370 e. The Kier molecular flexibility index (Phi) is 5.53. The molecule has 0 N–H and O–H groups in total. The normalized spacial score (nSPS) is 17.8. The molecule has 0 bridgehead atoms. The van der Waals surface area contributed by atoms with Gasteiger partial charge in [-0.3, -0.25) is 9.59 Å². The molecule has 1 fully saturated rings. The van der Waals surface area contributed by atoms with Gasteiger partial charge in [0.15, 0.2) is 0 Å². The summed E-state index contributed by atoms with van der Waals surface area (Å²) in [7, 11) is 0. The fraction of sp³-hybridized carbons (Fsp3) is 0.294. The van der Waals surface area contributed by atoms with Crippen molar-refractivity contribution in [2.75, 3.05) is 19.7 Å². The van der Waals surface area contributed by atoms with Crippen LogP contribution in [0.4, 0.5) is 0 Å². The van der Waals surface area contributed by atoms with Gasteiger partial charge in [-0.15, -0.1) is 0 Å². The average molecular weight is 456 g/mol. The third kappa shape index (κ3) is 4.15. The topological polar surface area (TPSA) is 51.5 Å². The van der Waals surface area contributed by atoms with Gasteiger partial charge in [0.25, 0.3) is 5.56 Å². The van der Waals surface area contributed by atoms with Crippen molar-refractivity contribution < 1.29 is 9.53 Å². The Hall–Kier alpha value is -1.44. The highest BCUT2D eigenvalue weighted by Gasteiger charge is 2.25. The highest BCUT2D eigenvalue weighted by Crippen LogP contribution is 2.24. The van der Waals surface area contributed by atoms with Crippen molar-refractivity contribution in [3.63, 3.8) is 0 Å². The molecular formula is C17H16Br2N2O3. The summed E-state index contributed by atoms with van der Waals surface area (Å²) in [6, 6.07) is 11.0. The van der Waals surface area contributed by atoms with Crippen LogP contribution in [0.1, 0.15) is 11.7 Å². The summed E-state index contributed by atoms with van der Waals surface area (Å²) < 4.78 is 8.98.